The number of morpholine rings is 1. The summed E-state index contributed by atoms with van der Waals surface area (Å²) >= 11 is 0. The van der Waals surface area contributed by atoms with Crippen LogP contribution in [0.3, 0.4) is 0 Å². The van der Waals surface area contributed by atoms with Crippen LogP contribution in [0.25, 0.3) is 10.8 Å². The second kappa shape index (κ2) is 7.09. The van der Waals surface area contributed by atoms with Crippen LogP contribution in [-0.4, -0.2) is 51.4 Å². The van der Waals surface area contributed by atoms with E-state index in [-0.39, 0.29) is 6.10 Å². The third-order valence-corrected chi connectivity index (χ3v) is 4.22. The van der Waals surface area contributed by atoms with Gasteiger partial charge in [0.2, 0.25) is 0 Å². The molecule has 0 aromatic heterocycles. The highest BCUT2D eigenvalue weighted by Crippen LogP contribution is 2.28. The molecule has 22 heavy (non-hydrogen) atoms. The molecule has 1 aliphatic rings. The third-order valence-electron chi connectivity index (χ3n) is 4.22. The Balaban J connectivity index is 1.66. The molecule has 1 aliphatic heterocycles. The highest BCUT2D eigenvalue weighted by atomic mass is 16.5. The zero-order chi connectivity index (χ0) is 15.4. The first-order valence-electron chi connectivity index (χ1n) is 7.83. The Hall–Kier alpha value is -1.62. The first-order valence-corrected chi connectivity index (χ1v) is 7.83. The van der Waals surface area contributed by atoms with Crippen LogP contribution in [0.2, 0.25) is 0 Å². The Labute approximate surface area is 132 Å². The highest BCUT2D eigenvalue weighted by Gasteiger charge is 2.17. The summed E-state index contributed by atoms with van der Waals surface area (Å²) in [4.78, 5) is 2.32. The first-order chi connectivity index (χ1) is 10.8. The lowest BCUT2D eigenvalue weighted by molar-refractivity contribution is -0.0182. The van der Waals surface area contributed by atoms with Crippen LogP contribution in [0.1, 0.15) is 5.56 Å². The molecule has 1 N–H and O–H groups in total. The molecule has 1 saturated heterocycles. The van der Waals surface area contributed by atoms with Crippen LogP contribution in [0.15, 0.2) is 36.4 Å². The second-order valence-corrected chi connectivity index (χ2v) is 5.86. The van der Waals surface area contributed by atoms with Crippen molar-refractivity contribution in [2.75, 3.05) is 40.4 Å². The van der Waals surface area contributed by atoms with Gasteiger partial charge in [-0.15, -0.1) is 0 Å². The maximum atomic E-state index is 5.79. The van der Waals surface area contributed by atoms with E-state index in [1.807, 2.05) is 12.1 Å². The van der Waals surface area contributed by atoms with Crippen molar-refractivity contribution >= 4 is 10.8 Å². The van der Waals surface area contributed by atoms with Crippen molar-refractivity contribution in [2.24, 2.45) is 0 Å². The van der Waals surface area contributed by atoms with Crippen molar-refractivity contribution < 1.29 is 9.47 Å². The van der Waals surface area contributed by atoms with Gasteiger partial charge < -0.3 is 19.7 Å². The number of rotatable bonds is 5. The lowest BCUT2D eigenvalue weighted by atomic mass is 10.0. The number of nitrogens with one attached hydrogen (secondary N) is 1. The Morgan fingerprint density at radius 3 is 2.82 bits per heavy atom. The number of hydrogen-bond acceptors (Lipinski definition) is 4. The summed E-state index contributed by atoms with van der Waals surface area (Å²) in [6.07, 6.45) is 0.281. The van der Waals surface area contributed by atoms with E-state index >= 15 is 0 Å². The van der Waals surface area contributed by atoms with Gasteiger partial charge in [-0.3, -0.25) is 0 Å². The monoisotopic (exact) mass is 300 g/mol. The third kappa shape index (κ3) is 3.40. The molecule has 1 unspecified atom stereocenters. The molecule has 118 valence electrons. The number of fused-ring (bicyclic) bond motifs is 1. The summed E-state index contributed by atoms with van der Waals surface area (Å²) in [5.74, 6) is 0.927. The van der Waals surface area contributed by atoms with Gasteiger partial charge in [-0.25, -0.2) is 0 Å². The van der Waals surface area contributed by atoms with Crippen LogP contribution in [0.4, 0.5) is 0 Å². The van der Waals surface area contributed by atoms with Gasteiger partial charge in [0.05, 0.1) is 19.8 Å². The van der Waals surface area contributed by atoms with Crippen LogP contribution < -0.4 is 10.1 Å². The minimum absolute atomic E-state index is 0.281. The van der Waals surface area contributed by atoms with Crippen molar-refractivity contribution in [1.29, 1.82) is 0 Å². The summed E-state index contributed by atoms with van der Waals surface area (Å²) in [5.41, 5.74) is 1.29. The predicted molar refractivity (Wildman–Crippen MR) is 89.4 cm³/mol. The molecule has 1 heterocycles. The van der Waals surface area contributed by atoms with E-state index in [0.29, 0.717) is 0 Å². The van der Waals surface area contributed by atoms with Gasteiger partial charge in [-0.2, -0.15) is 0 Å². The van der Waals surface area contributed by atoms with E-state index in [9.17, 15) is 0 Å². The van der Waals surface area contributed by atoms with Gasteiger partial charge in [0.15, 0.2) is 0 Å². The van der Waals surface area contributed by atoms with E-state index < -0.39 is 0 Å². The van der Waals surface area contributed by atoms with E-state index in [2.05, 4.69) is 41.5 Å². The molecule has 4 heteroatoms. The predicted octanol–water partition coefficient (Wildman–Crippen LogP) is 2.27. The van der Waals surface area contributed by atoms with Crippen LogP contribution >= 0.6 is 0 Å². The normalized spacial score (nSPS) is 19.5. The molecule has 2 aromatic rings. The Bertz CT molecular complexity index is 630. The van der Waals surface area contributed by atoms with Crippen LogP contribution in [-0.2, 0) is 11.3 Å². The maximum absolute atomic E-state index is 5.79. The number of benzene rings is 2. The average Bonchev–Trinajstić information content (AvgIpc) is 2.55. The van der Waals surface area contributed by atoms with Crippen molar-refractivity contribution in [3.05, 3.63) is 42.0 Å². The maximum Gasteiger partial charge on any atom is 0.126 e. The summed E-state index contributed by atoms with van der Waals surface area (Å²) < 4.78 is 11.2. The summed E-state index contributed by atoms with van der Waals surface area (Å²) in [5, 5.41) is 5.94. The minimum atomic E-state index is 0.281. The van der Waals surface area contributed by atoms with Crippen molar-refractivity contribution in [3.8, 4) is 5.75 Å². The van der Waals surface area contributed by atoms with Gasteiger partial charge in [-0.05, 0) is 24.1 Å². The van der Waals surface area contributed by atoms with Gasteiger partial charge >= 0.3 is 0 Å². The molecule has 0 saturated carbocycles. The molecular weight excluding hydrogens is 276 g/mol. The average molecular weight is 300 g/mol. The van der Waals surface area contributed by atoms with Crippen molar-refractivity contribution in [3.63, 3.8) is 0 Å². The molecule has 1 fully saturated rings. The molecule has 3 rings (SSSR count). The van der Waals surface area contributed by atoms with E-state index in [1.165, 1.54) is 10.9 Å². The lowest BCUT2D eigenvalue weighted by Crippen LogP contribution is -2.44. The molecule has 0 amide bonds. The summed E-state index contributed by atoms with van der Waals surface area (Å²) in [6.45, 7) is 4.57. The standard InChI is InChI=1S/C18H24N2O2/c1-20-9-10-22-15(13-20)12-19-11-14-7-8-18(21-2)17-6-4-3-5-16(14)17/h3-8,15,19H,9-13H2,1-2H3. The molecule has 4 nitrogen and oxygen atoms in total. The van der Waals surface area contributed by atoms with E-state index in [1.54, 1.807) is 7.11 Å². The molecule has 0 radical (unpaired) electrons. The summed E-state index contributed by atoms with van der Waals surface area (Å²) in [7, 11) is 3.86. The second-order valence-electron chi connectivity index (χ2n) is 5.86. The van der Waals surface area contributed by atoms with Crippen molar-refractivity contribution in [2.45, 2.75) is 12.6 Å². The zero-order valence-corrected chi connectivity index (χ0v) is 13.3. The minimum Gasteiger partial charge on any atom is -0.496 e. The largest absolute Gasteiger partial charge is 0.496 e. The molecule has 1 atom stereocenters. The Morgan fingerprint density at radius 2 is 2.05 bits per heavy atom. The quantitative estimate of drug-likeness (QED) is 0.918. The van der Waals surface area contributed by atoms with Gasteiger partial charge in [-0.1, -0.05) is 30.3 Å². The molecule has 2 aromatic carbocycles. The Morgan fingerprint density at radius 1 is 1.23 bits per heavy atom. The SMILES string of the molecule is COc1ccc(CNCC2CN(C)CCO2)c2ccccc12. The molecule has 0 spiro atoms. The number of methoxy groups -OCH3 is 1. The highest BCUT2D eigenvalue weighted by molar-refractivity contribution is 5.91. The van der Waals surface area contributed by atoms with Gasteiger partial charge in [0.1, 0.15) is 5.75 Å². The number of nitrogens with zero attached hydrogens (tertiary/aromatic N) is 1. The van der Waals surface area contributed by atoms with E-state index in [0.717, 1.165) is 43.9 Å². The zero-order valence-electron chi connectivity index (χ0n) is 13.3. The smallest absolute Gasteiger partial charge is 0.126 e. The lowest BCUT2D eigenvalue weighted by Gasteiger charge is -2.30. The molecule has 0 bridgehead atoms. The fraction of sp³-hybridized carbons (Fsp3) is 0.444. The van der Waals surface area contributed by atoms with E-state index in [4.69, 9.17) is 9.47 Å². The number of hydrogen-bond donors (Lipinski definition) is 1. The topological polar surface area (TPSA) is 33.7 Å². The van der Waals surface area contributed by atoms with Gasteiger partial charge in [0.25, 0.3) is 0 Å². The van der Waals surface area contributed by atoms with Gasteiger partial charge in [0, 0.05) is 31.6 Å². The fourth-order valence-electron chi connectivity index (χ4n) is 3.02. The molecular formula is C18H24N2O2. The molecule has 0 aliphatic carbocycles. The fourth-order valence-corrected chi connectivity index (χ4v) is 3.02. The van der Waals surface area contributed by atoms with Crippen LogP contribution in [0, 0.1) is 0 Å². The van der Waals surface area contributed by atoms with Crippen LogP contribution in [0.5, 0.6) is 5.75 Å². The number of ether oxygens (including phenoxy) is 2. The van der Waals surface area contributed by atoms with Crippen molar-refractivity contribution in [1.82, 2.24) is 10.2 Å². The number of likely N-dealkylation sites (N-methyl/N-ethyl adjacent to an activating group) is 1. The Kier molecular flexibility index (Phi) is 4.93. The summed E-state index contributed by atoms with van der Waals surface area (Å²) in [6, 6.07) is 12.6. The first kappa shape index (κ1) is 15.3.